The first kappa shape index (κ1) is 16.1. The fourth-order valence-electron chi connectivity index (χ4n) is 2.40. The molecule has 120 valence electrons. The van der Waals surface area contributed by atoms with E-state index in [1.807, 2.05) is 0 Å². The number of hydrogen-bond acceptors (Lipinski definition) is 4. The van der Waals surface area contributed by atoms with Crippen molar-refractivity contribution in [3.63, 3.8) is 0 Å². The van der Waals surface area contributed by atoms with E-state index in [-0.39, 0.29) is 16.8 Å². The lowest BCUT2D eigenvalue weighted by Crippen LogP contribution is -2.32. The van der Waals surface area contributed by atoms with Crippen LogP contribution in [-0.2, 0) is 5.54 Å². The van der Waals surface area contributed by atoms with Gasteiger partial charge in [-0.25, -0.2) is 8.78 Å². The van der Waals surface area contributed by atoms with Crippen LogP contribution in [0.25, 0.3) is 0 Å². The van der Waals surface area contributed by atoms with Gasteiger partial charge in [0.2, 0.25) is 5.78 Å². The lowest BCUT2D eigenvalue weighted by molar-refractivity contribution is 0.0916. The summed E-state index contributed by atoms with van der Waals surface area (Å²) in [5, 5.41) is -0.690. The molecule has 1 aromatic heterocycles. The maximum Gasteiger partial charge on any atom is 0.253 e. The van der Waals surface area contributed by atoms with Gasteiger partial charge >= 0.3 is 0 Å². The molecule has 1 aliphatic heterocycles. The molecule has 3 rings (SSSR count). The Kier molecular flexibility index (Phi) is 4.07. The molecule has 0 amide bonds. The van der Waals surface area contributed by atoms with Crippen molar-refractivity contribution in [2.24, 2.45) is 4.99 Å². The van der Waals surface area contributed by atoms with Gasteiger partial charge in [0.25, 0.3) is 5.24 Å². The third kappa shape index (κ3) is 2.65. The SMILES string of the molecule is O=C(Cl)c1ccc(C2(C(=O)c3ccc(F)cc3F)C=CC=N2)nc1. The van der Waals surface area contributed by atoms with Crippen molar-refractivity contribution in [2.75, 3.05) is 0 Å². The molecule has 0 radical (unpaired) electrons. The van der Waals surface area contributed by atoms with E-state index < -0.39 is 28.2 Å². The van der Waals surface area contributed by atoms with Crippen LogP contribution in [0.3, 0.4) is 0 Å². The van der Waals surface area contributed by atoms with Crippen molar-refractivity contribution in [2.45, 2.75) is 5.54 Å². The van der Waals surface area contributed by atoms with Gasteiger partial charge in [-0.2, -0.15) is 0 Å². The van der Waals surface area contributed by atoms with Crippen molar-refractivity contribution in [3.05, 3.63) is 77.1 Å². The monoisotopic (exact) mass is 346 g/mol. The van der Waals surface area contributed by atoms with Gasteiger partial charge in [0.1, 0.15) is 11.6 Å². The fourth-order valence-corrected chi connectivity index (χ4v) is 2.51. The van der Waals surface area contributed by atoms with E-state index in [0.29, 0.717) is 6.07 Å². The molecule has 2 aromatic rings. The highest BCUT2D eigenvalue weighted by Crippen LogP contribution is 2.33. The summed E-state index contributed by atoms with van der Waals surface area (Å²) in [5.41, 5.74) is -1.52. The number of benzene rings is 1. The molecular weight excluding hydrogens is 338 g/mol. The molecule has 2 heterocycles. The number of halogens is 3. The molecule has 4 nitrogen and oxygen atoms in total. The second-order valence-corrected chi connectivity index (χ2v) is 5.41. The maximum absolute atomic E-state index is 14.0. The largest absolute Gasteiger partial charge is 0.290 e. The van der Waals surface area contributed by atoms with Crippen LogP contribution < -0.4 is 0 Å². The Labute approximate surface area is 140 Å². The number of pyridine rings is 1. The molecular formula is C17H9ClF2N2O2. The summed E-state index contributed by atoms with van der Waals surface area (Å²) >= 11 is 5.37. The summed E-state index contributed by atoms with van der Waals surface area (Å²) < 4.78 is 27.1. The number of Topliss-reactive ketones (excluding diaryl/α,β-unsaturated/α-hetero) is 1. The van der Waals surface area contributed by atoms with Gasteiger partial charge in [-0.15, -0.1) is 0 Å². The number of nitrogens with zero attached hydrogens (tertiary/aromatic N) is 2. The van der Waals surface area contributed by atoms with E-state index >= 15 is 0 Å². The van der Waals surface area contributed by atoms with Crippen molar-refractivity contribution < 1.29 is 18.4 Å². The normalized spacial score (nSPS) is 18.8. The minimum Gasteiger partial charge on any atom is -0.290 e. The highest BCUT2D eigenvalue weighted by Gasteiger charge is 2.41. The first-order chi connectivity index (χ1) is 11.4. The molecule has 0 saturated heterocycles. The number of carbonyl (C=O) groups is 2. The quantitative estimate of drug-likeness (QED) is 0.629. The van der Waals surface area contributed by atoms with E-state index in [9.17, 15) is 18.4 Å². The Bertz CT molecular complexity index is 880. The molecule has 0 fully saturated rings. The van der Waals surface area contributed by atoms with Crippen LogP contribution >= 0.6 is 11.6 Å². The Morgan fingerprint density at radius 2 is 1.92 bits per heavy atom. The Hall–Kier alpha value is -2.73. The number of allylic oxidation sites excluding steroid dienone is 1. The first-order valence-corrected chi connectivity index (χ1v) is 7.21. The topological polar surface area (TPSA) is 59.4 Å². The number of aromatic nitrogens is 1. The minimum atomic E-state index is -1.56. The molecule has 0 N–H and O–H groups in total. The molecule has 0 saturated carbocycles. The van der Waals surface area contributed by atoms with E-state index in [1.54, 1.807) is 0 Å². The molecule has 7 heteroatoms. The molecule has 1 aliphatic rings. The minimum absolute atomic E-state index is 0.155. The molecule has 1 unspecified atom stereocenters. The fraction of sp³-hybridized carbons (Fsp3) is 0.0588. The van der Waals surface area contributed by atoms with E-state index in [2.05, 4.69) is 9.98 Å². The van der Waals surface area contributed by atoms with Crippen LogP contribution in [0.15, 0.2) is 53.7 Å². The van der Waals surface area contributed by atoms with Gasteiger partial charge in [-0.05, 0) is 48.0 Å². The highest BCUT2D eigenvalue weighted by molar-refractivity contribution is 6.67. The summed E-state index contributed by atoms with van der Waals surface area (Å²) in [4.78, 5) is 32.2. The molecule has 0 spiro atoms. The maximum atomic E-state index is 14.0. The molecule has 1 atom stereocenters. The second-order valence-electron chi connectivity index (χ2n) is 5.06. The lowest BCUT2D eigenvalue weighted by atomic mass is 9.86. The predicted molar refractivity (Wildman–Crippen MR) is 84.4 cm³/mol. The van der Waals surface area contributed by atoms with Crippen LogP contribution in [0.4, 0.5) is 8.78 Å². The van der Waals surface area contributed by atoms with Crippen molar-refractivity contribution in [1.29, 1.82) is 0 Å². The Morgan fingerprint density at radius 1 is 1.12 bits per heavy atom. The number of rotatable bonds is 4. The lowest BCUT2D eigenvalue weighted by Gasteiger charge is -2.22. The average Bonchev–Trinajstić information content (AvgIpc) is 3.05. The molecule has 0 aliphatic carbocycles. The van der Waals surface area contributed by atoms with Crippen molar-refractivity contribution >= 4 is 28.8 Å². The number of ketones is 1. The predicted octanol–water partition coefficient (Wildman–Crippen LogP) is 3.46. The van der Waals surface area contributed by atoms with Crippen LogP contribution in [0.1, 0.15) is 26.4 Å². The third-order valence-corrected chi connectivity index (χ3v) is 3.82. The molecule has 0 bridgehead atoms. The average molecular weight is 347 g/mol. The van der Waals surface area contributed by atoms with E-state index in [1.165, 1.54) is 36.7 Å². The van der Waals surface area contributed by atoms with Gasteiger partial charge in [-0.1, -0.05) is 0 Å². The van der Waals surface area contributed by atoms with Gasteiger partial charge in [-0.3, -0.25) is 19.6 Å². The number of hydrogen-bond donors (Lipinski definition) is 0. The van der Waals surface area contributed by atoms with E-state index in [4.69, 9.17) is 11.6 Å². The standard InChI is InChI=1S/C17H9ClF2N2O2/c18-16(24)10-2-5-14(21-9-10)17(6-1-7-22-17)15(23)12-4-3-11(19)8-13(12)20/h1-9H. The van der Waals surface area contributed by atoms with Gasteiger partial charge in [0.05, 0.1) is 16.8 Å². The van der Waals surface area contributed by atoms with Crippen LogP contribution in [0, 0.1) is 11.6 Å². The Morgan fingerprint density at radius 3 is 2.46 bits per heavy atom. The van der Waals surface area contributed by atoms with Crippen molar-refractivity contribution in [1.82, 2.24) is 4.98 Å². The number of aliphatic imine (C=N–C) groups is 1. The zero-order valence-electron chi connectivity index (χ0n) is 12.0. The summed E-state index contributed by atoms with van der Waals surface area (Å²) in [6, 6.07) is 5.51. The first-order valence-electron chi connectivity index (χ1n) is 6.83. The highest BCUT2D eigenvalue weighted by atomic mass is 35.5. The second kappa shape index (κ2) is 6.05. The summed E-state index contributed by atoms with van der Waals surface area (Å²) in [6.07, 6.45) is 5.59. The van der Waals surface area contributed by atoms with Gasteiger partial charge in [0.15, 0.2) is 5.54 Å². The van der Waals surface area contributed by atoms with Crippen LogP contribution in [0.5, 0.6) is 0 Å². The van der Waals surface area contributed by atoms with Gasteiger partial charge < -0.3 is 0 Å². The summed E-state index contributed by atoms with van der Waals surface area (Å²) in [5.74, 6) is -2.46. The number of carbonyl (C=O) groups excluding carboxylic acids is 2. The zero-order chi connectivity index (χ0) is 17.3. The Balaban J connectivity index is 2.09. The third-order valence-electron chi connectivity index (χ3n) is 3.60. The molecule has 24 heavy (non-hydrogen) atoms. The zero-order valence-corrected chi connectivity index (χ0v) is 12.8. The summed E-state index contributed by atoms with van der Waals surface area (Å²) in [7, 11) is 0. The molecule has 1 aromatic carbocycles. The smallest absolute Gasteiger partial charge is 0.253 e. The van der Waals surface area contributed by atoms with Gasteiger partial charge in [0, 0.05) is 18.5 Å². The van der Waals surface area contributed by atoms with Crippen LogP contribution in [-0.4, -0.2) is 22.2 Å². The summed E-state index contributed by atoms with van der Waals surface area (Å²) in [6.45, 7) is 0. The van der Waals surface area contributed by atoms with Crippen molar-refractivity contribution in [3.8, 4) is 0 Å². The van der Waals surface area contributed by atoms with Crippen LogP contribution in [0.2, 0.25) is 0 Å². The van der Waals surface area contributed by atoms with E-state index in [0.717, 1.165) is 12.1 Å².